The van der Waals surface area contributed by atoms with E-state index in [1.165, 1.54) is 22.7 Å². The third-order valence-corrected chi connectivity index (χ3v) is 6.46. The average Bonchev–Trinajstić information content (AvgIpc) is 3.12. The Morgan fingerprint density at radius 2 is 2.17 bits per heavy atom. The third-order valence-electron chi connectivity index (χ3n) is 5.36. The van der Waals surface area contributed by atoms with Crippen LogP contribution in [-0.4, -0.2) is 28.2 Å². The Bertz CT molecular complexity index is 1060. The maximum absolute atomic E-state index is 12.5. The van der Waals surface area contributed by atoms with Gasteiger partial charge in [0.25, 0.3) is 5.19 Å². The van der Waals surface area contributed by atoms with Crippen LogP contribution in [0.1, 0.15) is 42.2 Å². The zero-order chi connectivity index (χ0) is 21.5. The summed E-state index contributed by atoms with van der Waals surface area (Å²) in [5.41, 5.74) is 2.47. The summed E-state index contributed by atoms with van der Waals surface area (Å²) in [5.74, 6) is 0.611. The number of alkyl halides is 3. The number of aryl methyl sites for hydroxylation is 1. The van der Waals surface area contributed by atoms with Crippen molar-refractivity contribution in [3.05, 3.63) is 47.1 Å². The number of carbonyl (C=O) groups excluding carboxylic acids is 1. The lowest BCUT2D eigenvalue weighted by atomic mass is 10.1. The first-order valence-electron chi connectivity index (χ1n) is 9.70. The zero-order valence-corrected chi connectivity index (χ0v) is 17.4. The molecule has 1 aromatic carbocycles. The number of aromatic nitrogens is 2. The van der Waals surface area contributed by atoms with Gasteiger partial charge in [-0.2, -0.15) is 13.2 Å². The van der Waals surface area contributed by atoms with Crippen molar-refractivity contribution in [2.24, 2.45) is 13.0 Å². The van der Waals surface area contributed by atoms with E-state index in [-0.39, 0.29) is 17.1 Å². The number of thiazole rings is 1. The molecule has 0 saturated heterocycles. The number of nitrogens with one attached hydrogen (secondary N) is 1. The van der Waals surface area contributed by atoms with E-state index >= 15 is 0 Å². The van der Waals surface area contributed by atoms with E-state index in [1.54, 1.807) is 6.92 Å². The molecule has 1 aliphatic carbocycles. The number of halogens is 3. The normalized spacial score (nSPS) is 19.6. The first-order valence-corrected chi connectivity index (χ1v) is 10.5. The molecule has 2 heterocycles. The van der Waals surface area contributed by atoms with Gasteiger partial charge in [0, 0.05) is 36.8 Å². The molecule has 3 atom stereocenters. The van der Waals surface area contributed by atoms with Crippen LogP contribution in [-0.2, 0) is 11.8 Å². The monoisotopic (exact) mass is 437 g/mol. The lowest BCUT2D eigenvalue weighted by molar-refractivity contribution is -0.153. The molecular weight excluding hydrogens is 415 g/mol. The molecule has 0 aliphatic heterocycles. The highest BCUT2D eigenvalue weighted by molar-refractivity contribution is 7.13. The van der Waals surface area contributed by atoms with E-state index in [2.05, 4.69) is 37.9 Å². The topological polar surface area (TPSA) is 56.2 Å². The van der Waals surface area contributed by atoms with Crippen LogP contribution in [0, 0.1) is 5.92 Å². The van der Waals surface area contributed by atoms with Crippen molar-refractivity contribution >= 4 is 28.1 Å². The first kappa shape index (κ1) is 20.7. The molecule has 2 aromatic heterocycles. The van der Waals surface area contributed by atoms with Crippen LogP contribution in [0.4, 0.5) is 13.2 Å². The Labute approximate surface area is 175 Å². The van der Waals surface area contributed by atoms with Gasteiger partial charge >= 0.3 is 6.18 Å². The number of carbonyl (C=O) groups is 1. The van der Waals surface area contributed by atoms with E-state index in [4.69, 9.17) is 0 Å². The van der Waals surface area contributed by atoms with Crippen molar-refractivity contribution in [1.29, 1.82) is 0 Å². The highest BCUT2D eigenvalue weighted by Gasteiger charge is 2.41. The highest BCUT2D eigenvalue weighted by atomic mass is 32.1. The molecule has 4 rings (SSSR count). The predicted molar refractivity (Wildman–Crippen MR) is 109 cm³/mol. The van der Waals surface area contributed by atoms with E-state index in [0.29, 0.717) is 23.1 Å². The molecule has 1 amide bonds. The molecule has 160 valence electrons. The van der Waals surface area contributed by atoms with Crippen molar-refractivity contribution in [3.8, 4) is 5.19 Å². The lowest BCUT2D eigenvalue weighted by Gasteiger charge is -2.11. The molecule has 5 nitrogen and oxygen atoms in total. The van der Waals surface area contributed by atoms with Crippen LogP contribution in [0.25, 0.3) is 10.9 Å². The molecule has 30 heavy (non-hydrogen) atoms. The highest BCUT2D eigenvalue weighted by Crippen LogP contribution is 2.51. The van der Waals surface area contributed by atoms with Gasteiger partial charge < -0.3 is 14.6 Å². The molecule has 0 radical (unpaired) electrons. The Morgan fingerprint density at radius 3 is 2.93 bits per heavy atom. The largest absolute Gasteiger partial charge is 0.460 e. The van der Waals surface area contributed by atoms with Gasteiger partial charge in [-0.25, -0.2) is 4.98 Å². The maximum Gasteiger partial charge on any atom is 0.422 e. The van der Waals surface area contributed by atoms with E-state index in [9.17, 15) is 18.0 Å². The van der Waals surface area contributed by atoms with Gasteiger partial charge in [0.1, 0.15) is 0 Å². The van der Waals surface area contributed by atoms with Gasteiger partial charge in [-0.15, -0.1) is 0 Å². The van der Waals surface area contributed by atoms with Crippen molar-refractivity contribution in [3.63, 3.8) is 0 Å². The van der Waals surface area contributed by atoms with Crippen LogP contribution in [0.15, 0.2) is 36.7 Å². The molecule has 3 aromatic rings. The summed E-state index contributed by atoms with van der Waals surface area (Å²) in [6, 6.07) is 7.91. The number of amides is 1. The van der Waals surface area contributed by atoms with Crippen molar-refractivity contribution in [2.45, 2.75) is 37.9 Å². The van der Waals surface area contributed by atoms with Gasteiger partial charge in [0.05, 0.1) is 10.9 Å². The fourth-order valence-electron chi connectivity index (χ4n) is 3.81. The maximum atomic E-state index is 12.5. The van der Waals surface area contributed by atoms with Gasteiger partial charge in [0.15, 0.2) is 6.61 Å². The summed E-state index contributed by atoms with van der Waals surface area (Å²) in [6.07, 6.45) is 0.587. The molecule has 0 unspecified atom stereocenters. The number of fused-ring (bicyclic) bond motifs is 1. The summed E-state index contributed by atoms with van der Waals surface area (Å²) in [4.78, 5) is 17.0. The smallest absolute Gasteiger partial charge is 0.422 e. The Morgan fingerprint density at radius 1 is 1.40 bits per heavy atom. The van der Waals surface area contributed by atoms with Gasteiger partial charge in [-0.1, -0.05) is 29.5 Å². The lowest BCUT2D eigenvalue weighted by Crippen LogP contribution is -2.26. The van der Waals surface area contributed by atoms with Crippen LogP contribution in [0.3, 0.4) is 0 Å². The van der Waals surface area contributed by atoms with Crippen LogP contribution < -0.4 is 10.1 Å². The molecule has 1 saturated carbocycles. The first-order chi connectivity index (χ1) is 14.2. The van der Waals surface area contributed by atoms with Crippen LogP contribution in [0.5, 0.6) is 5.19 Å². The summed E-state index contributed by atoms with van der Waals surface area (Å²) < 4.78 is 43.5. The van der Waals surface area contributed by atoms with Crippen LogP contribution >= 0.6 is 11.3 Å². The van der Waals surface area contributed by atoms with Gasteiger partial charge in [-0.3, -0.25) is 4.79 Å². The number of benzene rings is 1. The Balaban J connectivity index is 1.31. The standard InChI is InChI=1S/C21H22F3N3O2S/c1-12(18-9-25-20(30-18)29-11-21(22,23)24)26-19(28)8-13-7-15(13)16-10-27(2)17-6-4-3-5-14(16)17/h3-6,9-10,12-13,15H,7-8,11H2,1-2H3,(H,26,28)/t12-,13-,15-/m1/s1. The summed E-state index contributed by atoms with van der Waals surface area (Å²) in [7, 11) is 2.03. The SMILES string of the molecule is C[C@@H](NC(=O)C[C@H]1C[C@H]1c1cn(C)c2ccccc12)c1cnc(OCC(F)(F)F)s1. The number of hydrogen-bond acceptors (Lipinski definition) is 4. The number of ether oxygens (including phenoxy) is 1. The molecular formula is C21H22F3N3O2S. The number of rotatable bonds is 7. The quantitative estimate of drug-likeness (QED) is 0.569. The molecule has 1 aliphatic rings. The summed E-state index contributed by atoms with van der Waals surface area (Å²) in [5, 5.41) is 4.10. The minimum Gasteiger partial charge on any atom is -0.460 e. The van der Waals surface area contributed by atoms with Gasteiger partial charge in [-0.05, 0) is 36.8 Å². The molecule has 0 bridgehead atoms. The van der Waals surface area contributed by atoms with E-state index in [0.717, 1.165) is 17.8 Å². The van der Waals surface area contributed by atoms with Crippen molar-refractivity contribution in [2.75, 3.05) is 6.61 Å². The second kappa shape index (κ2) is 7.94. The van der Waals surface area contributed by atoms with E-state index < -0.39 is 12.8 Å². The van der Waals surface area contributed by atoms with Crippen LogP contribution in [0.2, 0.25) is 0 Å². The predicted octanol–water partition coefficient (Wildman–Crippen LogP) is 4.95. The molecule has 9 heteroatoms. The second-order valence-electron chi connectivity index (χ2n) is 7.74. The van der Waals surface area contributed by atoms with Gasteiger partial charge in [0.2, 0.25) is 5.91 Å². The average molecular weight is 437 g/mol. The summed E-state index contributed by atoms with van der Waals surface area (Å²) in [6.45, 7) is 0.409. The number of nitrogens with zero attached hydrogens (tertiary/aromatic N) is 2. The fraction of sp³-hybridized carbons (Fsp3) is 0.429. The Kier molecular flexibility index (Phi) is 5.48. The van der Waals surface area contributed by atoms with Crippen molar-refractivity contribution in [1.82, 2.24) is 14.9 Å². The minimum absolute atomic E-state index is 0.0540. The minimum atomic E-state index is -4.41. The summed E-state index contributed by atoms with van der Waals surface area (Å²) >= 11 is 1.01. The van der Waals surface area contributed by atoms with E-state index in [1.807, 2.05) is 19.2 Å². The van der Waals surface area contributed by atoms with Crippen molar-refractivity contribution < 1.29 is 22.7 Å². The number of para-hydroxylation sites is 1. The fourth-order valence-corrected chi connectivity index (χ4v) is 4.58. The zero-order valence-electron chi connectivity index (χ0n) is 16.6. The second-order valence-corrected chi connectivity index (χ2v) is 8.77. The molecule has 0 spiro atoms. The molecule has 1 N–H and O–H groups in total. The third kappa shape index (κ3) is 4.61. The number of hydrogen-bond donors (Lipinski definition) is 1. The Hall–Kier alpha value is -2.55. The molecule has 1 fully saturated rings.